The minimum atomic E-state index is -0.0744. The summed E-state index contributed by atoms with van der Waals surface area (Å²) in [5.41, 5.74) is 1.24. The molecular formula is C17H10Cl2OS. The Bertz CT molecular complexity index is 847. The van der Waals surface area contributed by atoms with Gasteiger partial charge in [-0.3, -0.25) is 4.79 Å². The molecule has 0 saturated carbocycles. The number of carbonyl (C=O) groups excluding carboxylic acids is 1. The zero-order chi connectivity index (χ0) is 15.0. The second-order valence-corrected chi connectivity index (χ2v) is 6.56. The number of halogens is 2. The lowest BCUT2D eigenvalue weighted by atomic mass is 10.0. The zero-order valence-corrected chi connectivity index (χ0v) is 13.2. The average Bonchev–Trinajstić information content (AvgIpc) is 2.89. The molecule has 0 amide bonds. The quantitative estimate of drug-likeness (QED) is 0.418. The smallest absolute Gasteiger partial charge is 0.202 e. The van der Waals surface area contributed by atoms with Crippen molar-refractivity contribution in [3.05, 3.63) is 75.6 Å². The van der Waals surface area contributed by atoms with Crippen LogP contribution >= 0.6 is 34.5 Å². The van der Waals surface area contributed by atoms with Crippen LogP contribution in [0, 0.1) is 0 Å². The Balaban J connectivity index is 1.96. The molecule has 2 aromatic carbocycles. The maximum atomic E-state index is 12.5. The summed E-state index contributed by atoms with van der Waals surface area (Å²) in [7, 11) is 0. The second-order valence-electron chi connectivity index (χ2n) is 4.61. The van der Waals surface area contributed by atoms with Crippen molar-refractivity contribution < 1.29 is 4.79 Å². The van der Waals surface area contributed by atoms with Crippen LogP contribution < -0.4 is 0 Å². The van der Waals surface area contributed by atoms with Crippen LogP contribution in [0.1, 0.15) is 15.2 Å². The number of fused-ring (bicyclic) bond motifs is 1. The molecule has 3 aromatic rings. The van der Waals surface area contributed by atoms with Gasteiger partial charge in [-0.25, -0.2) is 0 Å². The zero-order valence-electron chi connectivity index (χ0n) is 10.9. The number of thiophene rings is 1. The first kappa shape index (κ1) is 14.3. The Morgan fingerprint density at radius 2 is 1.62 bits per heavy atom. The number of allylic oxidation sites excluding steroid dienone is 1. The summed E-state index contributed by atoms with van der Waals surface area (Å²) in [5.74, 6) is -0.0744. The fourth-order valence-corrected chi connectivity index (χ4v) is 3.48. The maximum Gasteiger partial charge on any atom is 0.202 e. The largest absolute Gasteiger partial charge is 0.288 e. The van der Waals surface area contributed by atoms with Crippen LogP contribution in [-0.4, -0.2) is 5.78 Å². The number of Topliss-reactive ketones (excluding diaryl/α,β-unsaturated/α-hetero) is 1. The Hall–Kier alpha value is -1.61. The van der Waals surface area contributed by atoms with Gasteiger partial charge in [-0.15, -0.1) is 11.3 Å². The van der Waals surface area contributed by atoms with E-state index in [1.54, 1.807) is 24.3 Å². The number of ketones is 1. The van der Waals surface area contributed by atoms with Gasteiger partial charge in [0.05, 0.1) is 4.88 Å². The van der Waals surface area contributed by atoms with E-state index in [0.29, 0.717) is 20.5 Å². The van der Waals surface area contributed by atoms with Crippen molar-refractivity contribution in [2.45, 2.75) is 0 Å². The fraction of sp³-hybridized carbons (Fsp3) is 0. The van der Waals surface area contributed by atoms with E-state index in [1.807, 2.05) is 24.3 Å². The molecule has 3 rings (SSSR count). The van der Waals surface area contributed by atoms with Gasteiger partial charge in [-0.05, 0) is 41.3 Å². The van der Waals surface area contributed by atoms with Gasteiger partial charge < -0.3 is 0 Å². The molecule has 0 saturated heterocycles. The minimum Gasteiger partial charge on any atom is -0.288 e. The molecule has 104 valence electrons. The molecule has 0 fully saturated rings. The summed E-state index contributed by atoms with van der Waals surface area (Å²) < 4.78 is 0.995. The van der Waals surface area contributed by atoms with E-state index in [2.05, 4.69) is 6.58 Å². The highest BCUT2D eigenvalue weighted by Crippen LogP contribution is 2.31. The lowest BCUT2D eigenvalue weighted by Crippen LogP contribution is -1.98. The van der Waals surface area contributed by atoms with E-state index in [0.717, 1.165) is 15.6 Å². The van der Waals surface area contributed by atoms with Crippen molar-refractivity contribution in [3.63, 3.8) is 0 Å². The van der Waals surface area contributed by atoms with Gasteiger partial charge in [0, 0.05) is 20.3 Å². The summed E-state index contributed by atoms with van der Waals surface area (Å²) in [5, 5.41) is 2.31. The van der Waals surface area contributed by atoms with Gasteiger partial charge in [0.2, 0.25) is 5.78 Å². The fourth-order valence-electron chi connectivity index (χ4n) is 2.05. The first-order valence-corrected chi connectivity index (χ1v) is 7.80. The summed E-state index contributed by atoms with van der Waals surface area (Å²) >= 11 is 13.3. The molecule has 0 aliphatic rings. The van der Waals surface area contributed by atoms with Gasteiger partial charge in [0.25, 0.3) is 0 Å². The van der Waals surface area contributed by atoms with Crippen molar-refractivity contribution >= 4 is 56.0 Å². The molecule has 1 heterocycles. The molecule has 21 heavy (non-hydrogen) atoms. The molecule has 0 atom stereocenters. The van der Waals surface area contributed by atoms with Crippen LogP contribution in [0.15, 0.2) is 55.1 Å². The van der Waals surface area contributed by atoms with Crippen molar-refractivity contribution in [1.82, 2.24) is 0 Å². The van der Waals surface area contributed by atoms with E-state index in [9.17, 15) is 4.79 Å². The van der Waals surface area contributed by atoms with Crippen LogP contribution in [0.5, 0.6) is 0 Å². The molecule has 0 bridgehead atoms. The average molecular weight is 333 g/mol. The summed E-state index contributed by atoms with van der Waals surface area (Å²) in [6.45, 7) is 3.91. The third-order valence-corrected chi connectivity index (χ3v) is 4.76. The van der Waals surface area contributed by atoms with Gasteiger partial charge in [0.15, 0.2) is 0 Å². The third kappa shape index (κ3) is 2.88. The van der Waals surface area contributed by atoms with Crippen molar-refractivity contribution in [3.8, 4) is 0 Å². The molecule has 0 unspecified atom stereocenters. The molecule has 1 nitrogen and oxygen atoms in total. The summed E-state index contributed by atoms with van der Waals surface area (Å²) in [6, 6.07) is 14.6. The summed E-state index contributed by atoms with van der Waals surface area (Å²) in [6.07, 6.45) is 0. The number of rotatable bonds is 3. The SMILES string of the molecule is C=C(C(=O)c1cc2ccc(Cl)cc2s1)c1ccc(Cl)cc1. The molecule has 0 radical (unpaired) electrons. The van der Waals surface area contributed by atoms with Crippen LogP contribution in [0.3, 0.4) is 0 Å². The highest BCUT2D eigenvalue weighted by Gasteiger charge is 2.15. The predicted octanol–water partition coefficient (Wildman–Crippen LogP) is 6.10. The van der Waals surface area contributed by atoms with E-state index >= 15 is 0 Å². The predicted molar refractivity (Wildman–Crippen MR) is 91.7 cm³/mol. The number of hydrogen-bond donors (Lipinski definition) is 0. The Morgan fingerprint density at radius 1 is 0.952 bits per heavy atom. The Labute approximate surface area is 136 Å². The number of benzene rings is 2. The highest BCUT2D eigenvalue weighted by atomic mass is 35.5. The lowest BCUT2D eigenvalue weighted by Gasteiger charge is -2.03. The van der Waals surface area contributed by atoms with E-state index in [1.165, 1.54) is 11.3 Å². The minimum absolute atomic E-state index is 0.0744. The van der Waals surface area contributed by atoms with Gasteiger partial charge in [-0.1, -0.05) is 48.0 Å². The number of hydrogen-bond acceptors (Lipinski definition) is 2. The van der Waals surface area contributed by atoms with Crippen LogP contribution in [0.25, 0.3) is 15.7 Å². The van der Waals surface area contributed by atoms with Crippen molar-refractivity contribution in [2.75, 3.05) is 0 Å². The highest BCUT2D eigenvalue weighted by molar-refractivity contribution is 7.21. The molecule has 1 aromatic heterocycles. The van der Waals surface area contributed by atoms with Crippen LogP contribution in [0.2, 0.25) is 10.0 Å². The molecule has 0 N–H and O–H groups in total. The van der Waals surface area contributed by atoms with Crippen molar-refractivity contribution in [1.29, 1.82) is 0 Å². The molecule has 0 aliphatic heterocycles. The van der Waals surface area contributed by atoms with Crippen LogP contribution in [-0.2, 0) is 0 Å². The Morgan fingerprint density at radius 3 is 2.33 bits per heavy atom. The van der Waals surface area contributed by atoms with E-state index in [-0.39, 0.29) is 5.78 Å². The van der Waals surface area contributed by atoms with Gasteiger partial charge in [-0.2, -0.15) is 0 Å². The van der Waals surface area contributed by atoms with Crippen molar-refractivity contribution in [2.24, 2.45) is 0 Å². The number of carbonyl (C=O) groups is 1. The normalized spacial score (nSPS) is 10.8. The molecule has 4 heteroatoms. The standard InChI is InChI=1S/C17H10Cl2OS/c1-10(11-2-5-13(18)6-3-11)17(20)16-8-12-4-7-14(19)9-15(12)21-16/h2-9H,1H2. The van der Waals surface area contributed by atoms with Gasteiger partial charge >= 0.3 is 0 Å². The second kappa shape index (κ2) is 5.64. The third-order valence-electron chi connectivity index (χ3n) is 3.17. The lowest BCUT2D eigenvalue weighted by molar-refractivity contribution is 0.106. The Kier molecular flexibility index (Phi) is 3.85. The maximum absolute atomic E-state index is 12.5. The van der Waals surface area contributed by atoms with E-state index < -0.39 is 0 Å². The molecule has 0 aliphatic carbocycles. The first-order valence-electron chi connectivity index (χ1n) is 6.23. The van der Waals surface area contributed by atoms with Gasteiger partial charge in [0.1, 0.15) is 0 Å². The molecule has 0 spiro atoms. The topological polar surface area (TPSA) is 17.1 Å². The summed E-state index contributed by atoms with van der Waals surface area (Å²) in [4.78, 5) is 13.2. The monoisotopic (exact) mass is 332 g/mol. The van der Waals surface area contributed by atoms with E-state index in [4.69, 9.17) is 23.2 Å². The van der Waals surface area contributed by atoms with Crippen LogP contribution in [0.4, 0.5) is 0 Å². The first-order chi connectivity index (χ1) is 10.0. The molecular weight excluding hydrogens is 323 g/mol.